The molecule has 0 radical (unpaired) electrons. The second-order valence-corrected chi connectivity index (χ2v) is 5.96. The number of halogens is 2. The molecule has 9 heteroatoms. The molecule has 0 saturated carbocycles. The van der Waals surface area contributed by atoms with Crippen LogP contribution < -0.4 is 0 Å². The van der Waals surface area contributed by atoms with Gasteiger partial charge >= 0.3 is 0 Å². The summed E-state index contributed by atoms with van der Waals surface area (Å²) in [6, 6.07) is 10.8. The number of hydrogen-bond donors (Lipinski definition) is 0. The van der Waals surface area contributed by atoms with Gasteiger partial charge in [0.15, 0.2) is 0 Å². The molecule has 3 rings (SSSR count). The number of nitrogens with zero attached hydrogens (tertiary/aromatic N) is 3. The van der Waals surface area contributed by atoms with Gasteiger partial charge in [0, 0.05) is 13.0 Å². The van der Waals surface area contributed by atoms with E-state index in [1.54, 1.807) is 24.3 Å². The SMILES string of the molecule is CC(=O)N1N=C(c2ccccc2[N+](=O)[O-])OC1c1c(Cl)cccc1Cl. The van der Waals surface area contributed by atoms with E-state index in [9.17, 15) is 14.9 Å². The highest BCUT2D eigenvalue weighted by molar-refractivity contribution is 6.36. The van der Waals surface area contributed by atoms with Crippen LogP contribution in [0.5, 0.6) is 0 Å². The zero-order valence-electron chi connectivity index (χ0n) is 12.8. The van der Waals surface area contributed by atoms with Gasteiger partial charge in [0.1, 0.15) is 5.56 Å². The number of amides is 1. The van der Waals surface area contributed by atoms with E-state index in [2.05, 4.69) is 5.10 Å². The first-order chi connectivity index (χ1) is 11.9. The number of carbonyl (C=O) groups is 1. The molecular weight excluding hydrogens is 369 g/mol. The molecule has 0 bridgehead atoms. The molecule has 25 heavy (non-hydrogen) atoms. The highest BCUT2D eigenvalue weighted by Crippen LogP contribution is 2.39. The van der Waals surface area contributed by atoms with Crippen LogP contribution in [0, 0.1) is 10.1 Å². The zero-order chi connectivity index (χ0) is 18.1. The number of hydrazone groups is 1. The van der Waals surface area contributed by atoms with Crippen LogP contribution in [-0.2, 0) is 9.53 Å². The lowest BCUT2D eigenvalue weighted by Crippen LogP contribution is -2.25. The molecule has 1 heterocycles. The van der Waals surface area contributed by atoms with Crippen molar-refractivity contribution in [1.29, 1.82) is 0 Å². The summed E-state index contributed by atoms with van der Waals surface area (Å²) in [7, 11) is 0. The van der Waals surface area contributed by atoms with E-state index in [0.717, 1.165) is 5.01 Å². The number of para-hydroxylation sites is 1. The maximum absolute atomic E-state index is 12.0. The van der Waals surface area contributed by atoms with Crippen molar-refractivity contribution in [1.82, 2.24) is 5.01 Å². The molecule has 2 aromatic rings. The Labute approximate surface area is 152 Å². The first-order valence-corrected chi connectivity index (χ1v) is 7.88. The Morgan fingerprint density at radius 2 is 1.84 bits per heavy atom. The molecule has 1 amide bonds. The molecule has 1 atom stereocenters. The van der Waals surface area contributed by atoms with E-state index >= 15 is 0 Å². The Morgan fingerprint density at radius 1 is 1.20 bits per heavy atom. The summed E-state index contributed by atoms with van der Waals surface area (Å²) in [6.07, 6.45) is -1.01. The quantitative estimate of drug-likeness (QED) is 0.592. The largest absolute Gasteiger partial charge is 0.445 e. The van der Waals surface area contributed by atoms with Crippen LogP contribution in [-0.4, -0.2) is 21.7 Å². The summed E-state index contributed by atoms with van der Waals surface area (Å²) in [4.78, 5) is 22.6. The Morgan fingerprint density at radius 3 is 2.44 bits per heavy atom. The highest BCUT2D eigenvalue weighted by atomic mass is 35.5. The Bertz CT molecular complexity index is 880. The third-order valence-electron chi connectivity index (χ3n) is 3.54. The normalized spacial score (nSPS) is 16.4. The number of nitro benzene ring substituents is 1. The van der Waals surface area contributed by atoms with Gasteiger partial charge in [-0.25, -0.2) is 0 Å². The van der Waals surface area contributed by atoms with E-state index in [0.29, 0.717) is 15.6 Å². The van der Waals surface area contributed by atoms with Crippen molar-refractivity contribution < 1.29 is 14.5 Å². The molecule has 1 unspecified atom stereocenters. The van der Waals surface area contributed by atoms with E-state index < -0.39 is 17.1 Å². The Kier molecular flexibility index (Phi) is 4.61. The van der Waals surface area contributed by atoms with Crippen molar-refractivity contribution in [3.63, 3.8) is 0 Å². The number of ether oxygens (including phenoxy) is 1. The molecule has 1 aliphatic heterocycles. The first kappa shape index (κ1) is 17.2. The van der Waals surface area contributed by atoms with Gasteiger partial charge in [0.05, 0.1) is 20.5 Å². The van der Waals surface area contributed by atoms with Gasteiger partial charge in [0.25, 0.3) is 5.69 Å². The van der Waals surface area contributed by atoms with E-state index in [1.165, 1.54) is 25.1 Å². The van der Waals surface area contributed by atoms with E-state index in [1.807, 2.05) is 0 Å². The molecule has 7 nitrogen and oxygen atoms in total. The minimum atomic E-state index is -1.01. The number of carbonyl (C=O) groups excluding carboxylic acids is 1. The van der Waals surface area contributed by atoms with Crippen molar-refractivity contribution in [2.45, 2.75) is 13.2 Å². The van der Waals surface area contributed by atoms with Crippen LogP contribution >= 0.6 is 23.2 Å². The average Bonchev–Trinajstić information content (AvgIpc) is 2.99. The molecule has 0 spiro atoms. The summed E-state index contributed by atoms with van der Waals surface area (Å²) in [5.41, 5.74) is 0.332. The molecule has 2 aromatic carbocycles. The first-order valence-electron chi connectivity index (χ1n) is 7.13. The number of hydrogen-bond acceptors (Lipinski definition) is 5. The summed E-state index contributed by atoms with van der Waals surface area (Å²) >= 11 is 12.4. The smallest absolute Gasteiger partial charge is 0.282 e. The van der Waals surface area contributed by atoms with Gasteiger partial charge in [-0.15, -0.1) is 5.10 Å². The van der Waals surface area contributed by atoms with Crippen molar-refractivity contribution in [2.75, 3.05) is 0 Å². The topological polar surface area (TPSA) is 85.0 Å². The lowest BCUT2D eigenvalue weighted by molar-refractivity contribution is -0.385. The van der Waals surface area contributed by atoms with Crippen molar-refractivity contribution >= 4 is 40.7 Å². The van der Waals surface area contributed by atoms with E-state index in [-0.39, 0.29) is 17.1 Å². The molecule has 128 valence electrons. The van der Waals surface area contributed by atoms with Crippen LogP contribution in [0.25, 0.3) is 0 Å². The maximum atomic E-state index is 12.0. The molecule has 0 N–H and O–H groups in total. The monoisotopic (exact) mass is 379 g/mol. The lowest BCUT2D eigenvalue weighted by atomic mass is 10.1. The van der Waals surface area contributed by atoms with Gasteiger partial charge in [-0.05, 0) is 18.2 Å². The minimum absolute atomic E-state index is 0.0523. The van der Waals surface area contributed by atoms with Crippen LogP contribution in [0.1, 0.15) is 24.3 Å². The van der Waals surface area contributed by atoms with Crippen molar-refractivity contribution in [3.8, 4) is 0 Å². The van der Waals surface area contributed by atoms with Crippen LogP contribution in [0.2, 0.25) is 10.0 Å². The fourth-order valence-electron chi connectivity index (χ4n) is 2.42. The molecule has 0 saturated heterocycles. The third-order valence-corrected chi connectivity index (χ3v) is 4.20. The fraction of sp³-hybridized carbons (Fsp3) is 0.125. The van der Waals surface area contributed by atoms with Crippen LogP contribution in [0.4, 0.5) is 5.69 Å². The Balaban J connectivity index is 2.08. The summed E-state index contributed by atoms with van der Waals surface area (Å²) in [5.74, 6) is -0.474. The fourth-order valence-corrected chi connectivity index (χ4v) is 3.01. The number of benzene rings is 2. The lowest BCUT2D eigenvalue weighted by Gasteiger charge is -2.21. The number of rotatable bonds is 3. The van der Waals surface area contributed by atoms with Gasteiger partial charge < -0.3 is 4.74 Å². The minimum Gasteiger partial charge on any atom is -0.445 e. The summed E-state index contributed by atoms with van der Waals surface area (Å²) < 4.78 is 5.74. The van der Waals surface area contributed by atoms with Gasteiger partial charge in [-0.2, -0.15) is 5.01 Å². The zero-order valence-corrected chi connectivity index (χ0v) is 14.4. The third kappa shape index (κ3) is 3.16. The molecule has 1 aliphatic rings. The predicted molar refractivity (Wildman–Crippen MR) is 92.4 cm³/mol. The Hall–Kier alpha value is -2.64. The maximum Gasteiger partial charge on any atom is 0.282 e. The van der Waals surface area contributed by atoms with Gasteiger partial charge in [0.2, 0.25) is 18.0 Å². The molecule has 0 aliphatic carbocycles. The summed E-state index contributed by atoms with van der Waals surface area (Å²) in [6.45, 7) is 1.30. The average molecular weight is 380 g/mol. The second-order valence-electron chi connectivity index (χ2n) is 5.15. The van der Waals surface area contributed by atoms with Crippen LogP contribution in [0.15, 0.2) is 47.6 Å². The van der Waals surface area contributed by atoms with Crippen molar-refractivity contribution in [2.24, 2.45) is 5.10 Å². The standard InChI is InChI=1S/C16H11Cl2N3O4/c1-9(22)20-16(14-11(17)6-4-7-12(14)18)25-15(19-20)10-5-2-3-8-13(10)21(23)24/h2-8,16H,1H3. The van der Waals surface area contributed by atoms with E-state index in [4.69, 9.17) is 27.9 Å². The second kappa shape index (κ2) is 6.70. The molecule has 0 fully saturated rings. The van der Waals surface area contributed by atoms with Gasteiger partial charge in [-0.3, -0.25) is 14.9 Å². The van der Waals surface area contributed by atoms with Crippen LogP contribution in [0.3, 0.4) is 0 Å². The van der Waals surface area contributed by atoms with Gasteiger partial charge in [-0.1, -0.05) is 41.4 Å². The predicted octanol–water partition coefficient (Wildman–Crippen LogP) is 4.14. The number of nitro groups is 1. The summed E-state index contributed by atoms with van der Waals surface area (Å²) in [5, 5.41) is 17.0. The van der Waals surface area contributed by atoms with Crippen molar-refractivity contribution in [3.05, 3.63) is 73.8 Å². The molecule has 0 aromatic heterocycles. The highest BCUT2D eigenvalue weighted by Gasteiger charge is 2.37. The molecular formula is C16H11Cl2N3O4.